The lowest BCUT2D eigenvalue weighted by Gasteiger charge is -2.39. The molecule has 5 aliphatic rings. The standard InChI is InChI=1S/C28H39N3O3/c1-27(2)33-18-22(34-27)16-30-24-5-3-4-6-25(24)31(26(30)32)21-9-13-29(14-10-21)17-23-19-7-8-20(15-19)28(23)11-12-28/h3-6,19-23H,7-18H2,1-2H3/t19-,20+,22-,23-/m0/s1. The summed E-state index contributed by atoms with van der Waals surface area (Å²) >= 11 is 0. The van der Waals surface area contributed by atoms with Crippen LogP contribution in [0.25, 0.3) is 11.0 Å². The molecule has 1 aromatic heterocycles. The quantitative estimate of drug-likeness (QED) is 0.656. The van der Waals surface area contributed by atoms with Gasteiger partial charge in [0.2, 0.25) is 0 Å². The summed E-state index contributed by atoms with van der Waals surface area (Å²) < 4.78 is 15.8. The van der Waals surface area contributed by atoms with Crippen LogP contribution >= 0.6 is 0 Å². The van der Waals surface area contributed by atoms with Crippen molar-refractivity contribution in [3.63, 3.8) is 0 Å². The number of aromatic nitrogens is 2. The minimum Gasteiger partial charge on any atom is -0.348 e. The normalized spacial score (nSPS) is 34.5. The van der Waals surface area contributed by atoms with E-state index in [-0.39, 0.29) is 17.8 Å². The zero-order chi connectivity index (χ0) is 23.1. The van der Waals surface area contributed by atoms with Crippen LogP contribution < -0.4 is 5.69 Å². The van der Waals surface area contributed by atoms with Gasteiger partial charge in [-0.25, -0.2) is 4.79 Å². The van der Waals surface area contributed by atoms with Crippen LogP contribution in [0.3, 0.4) is 0 Å². The molecule has 5 fully saturated rings. The number of ether oxygens (including phenoxy) is 2. The van der Waals surface area contributed by atoms with Gasteiger partial charge in [0, 0.05) is 25.7 Å². The molecule has 7 rings (SSSR count). The maximum Gasteiger partial charge on any atom is 0.329 e. The topological polar surface area (TPSA) is 48.6 Å². The number of fused-ring (bicyclic) bond motifs is 4. The van der Waals surface area contributed by atoms with E-state index in [4.69, 9.17) is 9.47 Å². The number of likely N-dealkylation sites (tertiary alicyclic amines) is 1. The minimum atomic E-state index is -0.572. The van der Waals surface area contributed by atoms with Crippen LogP contribution in [-0.4, -0.2) is 52.2 Å². The highest BCUT2D eigenvalue weighted by Crippen LogP contribution is 2.71. The molecule has 6 heteroatoms. The first-order valence-electron chi connectivity index (χ1n) is 13.7. The van der Waals surface area contributed by atoms with Crippen LogP contribution in [0.1, 0.15) is 64.8 Å². The molecular formula is C28H39N3O3. The molecule has 0 amide bonds. The Morgan fingerprint density at radius 2 is 1.76 bits per heavy atom. The number of nitrogens with zero attached hydrogens (tertiary/aromatic N) is 3. The molecule has 3 heterocycles. The van der Waals surface area contributed by atoms with E-state index in [1.807, 2.05) is 24.5 Å². The molecule has 3 saturated carbocycles. The van der Waals surface area contributed by atoms with Gasteiger partial charge in [-0.05, 0) is 94.1 Å². The van der Waals surface area contributed by atoms with E-state index in [1.54, 1.807) is 0 Å². The lowest BCUT2D eigenvalue weighted by atomic mass is 9.76. The van der Waals surface area contributed by atoms with Crippen LogP contribution in [0.15, 0.2) is 29.1 Å². The van der Waals surface area contributed by atoms with E-state index < -0.39 is 5.79 Å². The van der Waals surface area contributed by atoms with Crippen molar-refractivity contribution in [3.05, 3.63) is 34.7 Å². The van der Waals surface area contributed by atoms with Crippen LogP contribution in [-0.2, 0) is 16.0 Å². The Morgan fingerprint density at radius 3 is 2.47 bits per heavy atom. The summed E-state index contributed by atoms with van der Waals surface area (Å²) in [7, 11) is 0. The van der Waals surface area contributed by atoms with Crippen molar-refractivity contribution >= 4 is 11.0 Å². The molecule has 34 heavy (non-hydrogen) atoms. The van der Waals surface area contributed by atoms with Gasteiger partial charge < -0.3 is 14.4 Å². The van der Waals surface area contributed by atoms with Crippen molar-refractivity contribution in [2.45, 2.75) is 83.3 Å². The van der Waals surface area contributed by atoms with Gasteiger partial charge in [0.05, 0.1) is 24.2 Å². The molecule has 0 N–H and O–H groups in total. The Kier molecular flexibility index (Phi) is 4.89. The zero-order valence-corrected chi connectivity index (χ0v) is 20.7. The second-order valence-corrected chi connectivity index (χ2v) is 12.3. The Morgan fingerprint density at radius 1 is 1.00 bits per heavy atom. The molecule has 0 unspecified atom stereocenters. The van der Waals surface area contributed by atoms with Crippen LogP contribution in [0.2, 0.25) is 0 Å². The van der Waals surface area contributed by atoms with Crippen molar-refractivity contribution < 1.29 is 9.47 Å². The third kappa shape index (κ3) is 3.35. The van der Waals surface area contributed by atoms with Crippen molar-refractivity contribution in [3.8, 4) is 0 Å². The number of rotatable bonds is 5. The molecule has 184 valence electrons. The average Bonchev–Trinajstić information content (AvgIpc) is 3.09. The molecule has 2 bridgehead atoms. The van der Waals surface area contributed by atoms with Gasteiger partial charge in [0.15, 0.2) is 5.79 Å². The number of hydrogen-bond donors (Lipinski definition) is 0. The molecule has 2 saturated heterocycles. The number of hydrogen-bond acceptors (Lipinski definition) is 4. The Labute approximate surface area is 202 Å². The summed E-state index contributed by atoms with van der Waals surface area (Å²) in [6, 6.07) is 8.56. The van der Waals surface area contributed by atoms with Crippen molar-refractivity contribution in [2.75, 3.05) is 26.2 Å². The molecule has 2 aromatic rings. The summed E-state index contributed by atoms with van der Waals surface area (Å²) in [6.45, 7) is 8.49. The van der Waals surface area contributed by atoms with Gasteiger partial charge in [-0.2, -0.15) is 0 Å². The highest BCUT2D eigenvalue weighted by molar-refractivity contribution is 5.76. The van der Waals surface area contributed by atoms with Crippen LogP contribution in [0.5, 0.6) is 0 Å². The van der Waals surface area contributed by atoms with Gasteiger partial charge in [-0.3, -0.25) is 9.13 Å². The predicted octanol–water partition coefficient (Wildman–Crippen LogP) is 4.42. The number of imidazole rings is 1. The van der Waals surface area contributed by atoms with Gasteiger partial charge >= 0.3 is 5.69 Å². The van der Waals surface area contributed by atoms with Gasteiger partial charge in [0.25, 0.3) is 0 Å². The lowest BCUT2D eigenvalue weighted by molar-refractivity contribution is -0.139. The Hall–Kier alpha value is -1.63. The molecule has 2 aliphatic heterocycles. The summed E-state index contributed by atoms with van der Waals surface area (Å²) in [5, 5.41) is 0. The lowest BCUT2D eigenvalue weighted by Crippen LogP contribution is -2.42. The van der Waals surface area contributed by atoms with E-state index in [1.165, 1.54) is 38.6 Å². The third-order valence-corrected chi connectivity index (χ3v) is 10.1. The monoisotopic (exact) mass is 465 g/mol. The van der Waals surface area contributed by atoms with Crippen molar-refractivity contribution in [1.29, 1.82) is 0 Å². The van der Waals surface area contributed by atoms with Crippen LogP contribution in [0.4, 0.5) is 0 Å². The number of piperidine rings is 1. The molecular weight excluding hydrogens is 426 g/mol. The fourth-order valence-corrected chi connectivity index (χ4v) is 8.39. The molecule has 3 aliphatic carbocycles. The smallest absolute Gasteiger partial charge is 0.329 e. The first kappa shape index (κ1) is 21.6. The maximum atomic E-state index is 13.7. The predicted molar refractivity (Wildman–Crippen MR) is 132 cm³/mol. The maximum absolute atomic E-state index is 13.7. The van der Waals surface area contributed by atoms with E-state index in [0.29, 0.717) is 13.2 Å². The molecule has 6 nitrogen and oxygen atoms in total. The van der Waals surface area contributed by atoms with E-state index in [9.17, 15) is 4.79 Å². The summed E-state index contributed by atoms with van der Waals surface area (Å²) in [6.07, 6.45) is 9.54. The minimum absolute atomic E-state index is 0.0923. The summed E-state index contributed by atoms with van der Waals surface area (Å²) in [4.78, 5) is 16.4. The fourth-order valence-electron chi connectivity index (χ4n) is 8.39. The second kappa shape index (κ2) is 7.68. The zero-order valence-electron chi connectivity index (χ0n) is 20.7. The SMILES string of the molecule is CC1(C)OC[C@H](Cn2c(=O)n(C3CCN(C[C@H]4[C@H]5CC[C@H](C5)C45CC5)CC3)c3ccccc32)O1. The van der Waals surface area contributed by atoms with Gasteiger partial charge in [-0.1, -0.05) is 12.1 Å². The first-order valence-corrected chi connectivity index (χ1v) is 13.7. The van der Waals surface area contributed by atoms with Gasteiger partial charge in [0.1, 0.15) is 6.10 Å². The van der Waals surface area contributed by atoms with Crippen molar-refractivity contribution in [2.24, 2.45) is 23.2 Å². The number of para-hydroxylation sites is 2. The Bertz CT molecular complexity index is 1140. The highest BCUT2D eigenvalue weighted by Gasteiger charge is 2.63. The number of benzene rings is 1. The average molecular weight is 466 g/mol. The van der Waals surface area contributed by atoms with Gasteiger partial charge in [-0.15, -0.1) is 0 Å². The third-order valence-electron chi connectivity index (χ3n) is 10.1. The van der Waals surface area contributed by atoms with Crippen molar-refractivity contribution in [1.82, 2.24) is 14.0 Å². The Balaban J connectivity index is 1.08. The van der Waals surface area contributed by atoms with E-state index >= 15 is 0 Å². The van der Waals surface area contributed by atoms with Crippen LogP contribution in [0, 0.1) is 23.2 Å². The molecule has 1 spiro atoms. The molecule has 4 atom stereocenters. The second-order valence-electron chi connectivity index (χ2n) is 12.3. The molecule has 0 radical (unpaired) electrons. The summed E-state index contributed by atoms with van der Waals surface area (Å²) in [5.41, 5.74) is 2.93. The molecule has 1 aromatic carbocycles. The fraction of sp³-hybridized carbons (Fsp3) is 0.750. The highest BCUT2D eigenvalue weighted by atomic mass is 16.7. The van der Waals surface area contributed by atoms with E-state index in [0.717, 1.165) is 60.1 Å². The first-order chi connectivity index (χ1) is 16.4. The van der Waals surface area contributed by atoms with E-state index in [2.05, 4.69) is 27.7 Å². The largest absolute Gasteiger partial charge is 0.348 e. The summed E-state index contributed by atoms with van der Waals surface area (Å²) in [5.74, 6) is 2.42.